The predicted molar refractivity (Wildman–Crippen MR) is 167 cm³/mol. The number of rotatable bonds is 5. The van der Waals surface area contributed by atoms with Crippen LogP contribution in [0.1, 0.15) is 41.6 Å². The summed E-state index contributed by atoms with van der Waals surface area (Å²) in [5, 5.41) is 20.7. The number of nitrogens with zero attached hydrogens (tertiary/aromatic N) is 2. The van der Waals surface area contributed by atoms with Crippen LogP contribution >= 0.6 is 11.6 Å². The van der Waals surface area contributed by atoms with Crippen molar-refractivity contribution in [3.8, 4) is 11.5 Å². The summed E-state index contributed by atoms with van der Waals surface area (Å²) in [5.74, 6) is -8.46. The fraction of sp³-hybridized carbons (Fsp3) is 0.286. The number of methoxy groups -OCH3 is 1. The fourth-order valence-corrected chi connectivity index (χ4v) is 8.37. The van der Waals surface area contributed by atoms with Gasteiger partial charge in [0.15, 0.2) is 11.5 Å². The number of halogens is 2. The number of anilines is 2. The maximum absolute atomic E-state index is 14.5. The molecule has 2 aliphatic carbocycles. The summed E-state index contributed by atoms with van der Waals surface area (Å²) in [6, 6.07) is 14.0. The van der Waals surface area contributed by atoms with Crippen LogP contribution in [0.15, 0.2) is 72.3 Å². The van der Waals surface area contributed by atoms with Crippen molar-refractivity contribution < 1.29 is 43.3 Å². The number of carboxylic acids is 1. The molecule has 2 N–H and O–H groups in total. The minimum atomic E-state index is -1.46. The zero-order valence-electron chi connectivity index (χ0n) is 25.1. The number of fused-ring (bicyclic) bond motifs is 4. The zero-order valence-corrected chi connectivity index (χ0v) is 25.9. The van der Waals surface area contributed by atoms with Crippen molar-refractivity contribution in [2.75, 3.05) is 16.9 Å². The van der Waals surface area contributed by atoms with E-state index in [-0.39, 0.29) is 46.3 Å². The molecule has 0 bridgehead atoms. The molecule has 6 atom stereocenters. The molecule has 7 rings (SSSR count). The Bertz CT molecular complexity index is 1960. The summed E-state index contributed by atoms with van der Waals surface area (Å²) in [4.78, 5) is 70.5. The van der Waals surface area contributed by atoms with Gasteiger partial charge in [-0.15, -0.1) is 0 Å². The number of hydrogen-bond acceptors (Lipinski definition) is 7. The van der Waals surface area contributed by atoms with Gasteiger partial charge in [-0.05, 0) is 68.1 Å². The topological polar surface area (TPSA) is 142 Å². The average Bonchev–Trinajstić information content (AvgIpc) is 3.42. The van der Waals surface area contributed by atoms with Crippen LogP contribution in [-0.4, -0.2) is 46.9 Å². The van der Waals surface area contributed by atoms with Crippen LogP contribution in [-0.2, 0) is 19.2 Å². The number of aromatic carboxylic acids is 1. The van der Waals surface area contributed by atoms with Gasteiger partial charge in [-0.25, -0.2) is 14.1 Å². The molecule has 4 amide bonds. The van der Waals surface area contributed by atoms with E-state index in [1.807, 2.05) is 6.08 Å². The Morgan fingerprint density at radius 3 is 2.38 bits per heavy atom. The lowest BCUT2D eigenvalue weighted by Gasteiger charge is -2.49. The van der Waals surface area contributed by atoms with Crippen molar-refractivity contribution >= 4 is 52.6 Å². The van der Waals surface area contributed by atoms with Crippen molar-refractivity contribution in [3.05, 3.63) is 94.3 Å². The maximum Gasteiger partial charge on any atom is 0.335 e. The van der Waals surface area contributed by atoms with Gasteiger partial charge in [0.05, 0.1) is 52.2 Å². The normalized spacial score (nSPS) is 28.2. The van der Waals surface area contributed by atoms with Gasteiger partial charge in [-0.3, -0.25) is 24.1 Å². The molecule has 0 aromatic heterocycles. The zero-order chi connectivity index (χ0) is 33.5. The molecule has 1 saturated carbocycles. The van der Waals surface area contributed by atoms with E-state index in [9.17, 15) is 38.6 Å². The molecule has 12 heteroatoms. The van der Waals surface area contributed by atoms with Gasteiger partial charge in [0.1, 0.15) is 5.82 Å². The monoisotopic (exact) mass is 658 g/mol. The number of ether oxygens (including phenoxy) is 1. The van der Waals surface area contributed by atoms with Crippen LogP contribution in [0.4, 0.5) is 15.8 Å². The number of carbonyl (C=O) groups is 5. The van der Waals surface area contributed by atoms with Gasteiger partial charge < -0.3 is 14.9 Å². The Morgan fingerprint density at radius 1 is 0.957 bits per heavy atom. The molecule has 6 unspecified atom stereocenters. The Hall–Kier alpha value is -5.03. The molecule has 240 valence electrons. The van der Waals surface area contributed by atoms with Gasteiger partial charge in [-0.2, -0.15) is 0 Å². The van der Waals surface area contributed by atoms with E-state index in [1.165, 1.54) is 43.5 Å². The number of hydrogen-bond donors (Lipinski definition) is 2. The number of phenols is 1. The highest BCUT2D eigenvalue weighted by Crippen LogP contribution is 2.65. The lowest BCUT2D eigenvalue weighted by atomic mass is 9.51. The van der Waals surface area contributed by atoms with E-state index in [1.54, 1.807) is 25.1 Å². The van der Waals surface area contributed by atoms with Gasteiger partial charge >= 0.3 is 5.97 Å². The highest BCUT2D eigenvalue weighted by molar-refractivity contribution is 6.32. The molecule has 3 fully saturated rings. The standard InChI is InChI=1S/C35H28ClFN2O8/c1-35-23(31(42)39(34(35)46)18-9-12-25(37)24(36)14-18)15-22-19(28(35)21-7-4-8-26(47-2)29(21)40)10-11-20-27(22)32(43)38(30(20)41)17-6-3-5-16(13-17)33(44)45/h3-10,12-14,20,22-23,27-28,40H,11,15H2,1-2H3,(H,44,45). The second-order valence-corrected chi connectivity index (χ2v) is 12.9. The van der Waals surface area contributed by atoms with E-state index >= 15 is 0 Å². The summed E-state index contributed by atoms with van der Waals surface area (Å²) >= 11 is 6.05. The largest absolute Gasteiger partial charge is 0.504 e. The smallest absolute Gasteiger partial charge is 0.335 e. The summed E-state index contributed by atoms with van der Waals surface area (Å²) in [6.45, 7) is 1.65. The molecule has 2 aliphatic heterocycles. The van der Waals surface area contributed by atoms with E-state index in [2.05, 4.69) is 0 Å². The van der Waals surface area contributed by atoms with Gasteiger partial charge in [0.2, 0.25) is 23.6 Å². The number of allylic oxidation sites excluding steroid dienone is 2. The second-order valence-electron chi connectivity index (χ2n) is 12.5. The minimum absolute atomic E-state index is 0.0444. The van der Waals surface area contributed by atoms with Crippen LogP contribution in [0, 0.1) is 34.9 Å². The lowest BCUT2D eigenvalue weighted by Crippen LogP contribution is -2.48. The van der Waals surface area contributed by atoms with E-state index < -0.39 is 70.4 Å². The third-order valence-electron chi connectivity index (χ3n) is 10.3. The molecule has 3 aromatic rings. The number of para-hydroxylation sites is 1. The van der Waals surface area contributed by atoms with Gasteiger partial charge in [0.25, 0.3) is 0 Å². The first kappa shape index (κ1) is 30.6. The first-order valence-electron chi connectivity index (χ1n) is 15.0. The summed E-state index contributed by atoms with van der Waals surface area (Å²) in [7, 11) is 1.39. The number of imide groups is 2. The lowest BCUT2D eigenvalue weighted by molar-refractivity contribution is -0.131. The molecule has 47 heavy (non-hydrogen) atoms. The molecule has 2 heterocycles. The molecule has 10 nitrogen and oxygen atoms in total. The van der Waals surface area contributed by atoms with Crippen molar-refractivity contribution in [2.24, 2.45) is 29.1 Å². The first-order chi connectivity index (χ1) is 22.4. The molecule has 4 aliphatic rings. The number of carboxylic acid groups (broad SMARTS) is 1. The van der Waals surface area contributed by atoms with Gasteiger partial charge in [0, 0.05) is 11.5 Å². The maximum atomic E-state index is 14.5. The van der Waals surface area contributed by atoms with Crippen molar-refractivity contribution in [3.63, 3.8) is 0 Å². The third kappa shape index (κ3) is 4.25. The van der Waals surface area contributed by atoms with Gasteiger partial charge in [-0.1, -0.05) is 41.4 Å². The van der Waals surface area contributed by atoms with Crippen LogP contribution in [0.5, 0.6) is 11.5 Å². The molecule has 3 aromatic carbocycles. The van der Waals surface area contributed by atoms with Crippen molar-refractivity contribution in [2.45, 2.75) is 25.7 Å². The quantitative estimate of drug-likeness (QED) is 0.277. The highest BCUT2D eigenvalue weighted by atomic mass is 35.5. The number of carbonyl (C=O) groups excluding carboxylic acids is 4. The molecular formula is C35H28ClFN2O8. The van der Waals surface area contributed by atoms with Crippen LogP contribution in [0.3, 0.4) is 0 Å². The summed E-state index contributed by atoms with van der Waals surface area (Å²) < 4.78 is 19.5. The Labute approximate surface area is 273 Å². The SMILES string of the molecule is COc1cccc(C2C3=CCC4C(=O)N(c5cccc(C(=O)O)c5)C(=O)C4C3CC3C(=O)N(c4ccc(F)c(Cl)c4)C(=O)C32C)c1O. The van der Waals surface area contributed by atoms with Crippen LogP contribution in [0.25, 0.3) is 0 Å². The average molecular weight is 659 g/mol. The Kier molecular flexibility index (Phi) is 7.01. The number of phenolic OH excluding ortho intramolecular Hbond substituents is 1. The first-order valence-corrected chi connectivity index (χ1v) is 15.4. The molecule has 0 spiro atoms. The summed E-state index contributed by atoms with van der Waals surface area (Å²) in [5.41, 5.74) is -0.384. The van der Waals surface area contributed by atoms with E-state index in [0.717, 1.165) is 15.9 Å². The summed E-state index contributed by atoms with van der Waals surface area (Å²) in [6.07, 6.45) is 2.02. The van der Waals surface area contributed by atoms with Crippen LogP contribution < -0.4 is 14.5 Å². The predicted octanol–water partition coefficient (Wildman–Crippen LogP) is 5.33. The van der Waals surface area contributed by atoms with E-state index in [0.29, 0.717) is 11.1 Å². The number of aromatic hydroxyl groups is 1. The molecule has 2 saturated heterocycles. The Morgan fingerprint density at radius 2 is 1.68 bits per heavy atom. The molecule has 0 radical (unpaired) electrons. The van der Waals surface area contributed by atoms with Crippen molar-refractivity contribution in [1.29, 1.82) is 0 Å². The Balaban J connectivity index is 1.38. The number of benzene rings is 3. The highest BCUT2D eigenvalue weighted by Gasteiger charge is 2.68. The molecular weight excluding hydrogens is 631 g/mol. The van der Waals surface area contributed by atoms with Crippen LogP contribution in [0.2, 0.25) is 5.02 Å². The third-order valence-corrected chi connectivity index (χ3v) is 10.6. The minimum Gasteiger partial charge on any atom is -0.504 e. The van der Waals surface area contributed by atoms with Crippen molar-refractivity contribution in [1.82, 2.24) is 0 Å². The van der Waals surface area contributed by atoms with E-state index in [4.69, 9.17) is 16.3 Å². The second kappa shape index (κ2) is 10.8. The number of amides is 4. The fourth-order valence-electron chi connectivity index (χ4n) is 8.20.